The normalized spacial score (nSPS) is 26.2. The molecule has 2 unspecified atom stereocenters. The van der Waals surface area contributed by atoms with Crippen LogP contribution in [-0.2, 0) is 0 Å². The summed E-state index contributed by atoms with van der Waals surface area (Å²) >= 11 is 0. The van der Waals surface area contributed by atoms with Crippen LogP contribution in [0.3, 0.4) is 0 Å². The molecule has 0 bridgehead atoms. The van der Waals surface area contributed by atoms with Crippen LogP contribution < -0.4 is 5.32 Å². The topological polar surface area (TPSA) is 18.5 Å². The number of rotatable bonds is 9. The highest BCUT2D eigenvalue weighted by molar-refractivity contribution is 4.86. The lowest BCUT2D eigenvalue weighted by molar-refractivity contribution is 0.155. The van der Waals surface area contributed by atoms with Gasteiger partial charge in [0.15, 0.2) is 0 Å². The fraction of sp³-hybridized carbons (Fsp3) is 1.00. The maximum absolute atomic E-state index is 3.72. The van der Waals surface area contributed by atoms with Gasteiger partial charge in [0.2, 0.25) is 0 Å². The van der Waals surface area contributed by atoms with Crippen LogP contribution in [0.15, 0.2) is 0 Å². The van der Waals surface area contributed by atoms with E-state index in [0.717, 1.165) is 18.1 Å². The van der Waals surface area contributed by atoms with Crippen molar-refractivity contribution in [1.82, 2.24) is 15.1 Å². The predicted molar refractivity (Wildman–Crippen MR) is 82.6 cm³/mol. The van der Waals surface area contributed by atoms with E-state index in [1.165, 1.54) is 64.7 Å². The molecule has 3 nitrogen and oxygen atoms in total. The Morgan fingerprint density at radius 2 is 2.05 bits per heavy atom. The smallest absolute Gasteiger partial charge is 0.0223 e. The van der Waals surface area contributed by atoms with E-state index in [9.17, 15) is 0 Å². The van der Waals surface area contributed by atoms with Crippen molar-refractivity contribution in [2.75, 3.05) is 33.2 Å². The van der Waals surface area contributed by atoms with Gasteiger partial charge in [0.05, 0.1) is 0 Å². The minimum absolute atomic E-state index is 0.727. The Morgan fingerprint density at radius 3 is 2.68 bits per heavy atom. The highest BCUT2D eigenvalue weighted by atomic mass is 15.2. The first-order chi connectivity index (χ1) is 9.24. The Balaban J connectivity index is 1.77. The van der Waals surface area contributed by atoms with Gasteiger partial charge in [0, 0.05) is 31.2 Å². The Bertz CT molecular complexity index is 252. The summed E-state index contributed by atoms with van der Waals surface area (Å²) in [5.74, 6) is 0. The molecule has 0 aromatic heterocycles. The fourth-order valence-electron chi connectivity index (χ4n) is 3.40. The molecule has 2 fully saturated rings. The summed E-state index contributed by atoms with van der Waals surface area (Å²) in [6, 6.07) is 2.37. The highest BCUT2D eigenvalue weighted by Crippen LogP contribution is 2.21. The van der Waals surface area contributed by atoms with Crippen molar-refractivity contribution in [2.24, 2.45) is 0 Å². The number of hydrogen-bond acceptors (Lipinski definition) is 3. The molecule has 2 aliphatic rings. The Morgan fingerprint density at radius 1 is 1.26 bits per heavy atom. The van der Waals surface area contributed by atoms with Gasteiger partial charge in [-0.2, -0.15) is 0 Å². The number of likely N-dealkylation sites (tertiary alicyclic amines) is 1. The molecule has 1 heterocycles. The number of hydrogen-bond donors (Lipinski definition) is 1. The summed E-state index contributed by atoms with van der Waals surface area (Å²) in [5.41, 5.74) is 0. The van der Waals surface area contributed by atoms with Gasteiger partial charge in [0.25, 0.3) is 0 Å². The lowest BCUT2D eigenvalue weighted by Gasteiger charge is -2.33. The lowest BCUT2D eigenvalue weighted by atomic mass is 10.1. The van der Waals surface area contributed by atoms with Gasteiger partial charge in [-0.3, -0.25) is 4.90 Å². The van der Waals surface area contributed by atoms with Crippen molar-refractivity contribution in [2.45, 2.75) is 70.5 Å². The molecular formula is C16H33N3. The van der Waals surface area contributed by atoms with Crippen molar-refractivity contribution in [3.05, 3.63) is 0 Å². The first-order valence-electron chi connectivity index (χ1n) is 8.42. The largest absolute Gasteiger partial charge is 0.312 e. The molecule has 1 saturated heterocycles. The van der Waals surface area contributed by atoms with Gasteiger partial charge in [-0.05, 0) is 52.2 Å². The molecule has 0 aromatic carbocycles. The SMILES string of the molecule is CCCC(CNC1CC1)N(C)CC1CCCN1CC. The zero-order chi connectivity index (χ0) is 13.7. The molecular weight excluding hydrogens is 234 g/mol. The minimum Gasteiger partial charge on any atom is -0.312 e. The molecule has 1 saturated carbocycles. The van der Waals surface area contributed by atoms with Crippen LogP contribution in [0.4, 0.5) is 0 Å². The summed E-state index contributed by atoms with van der Waals surface area (Å²) in [4.78, 5) is 5.28. The van der Waals surface area contributed by atoms with Gasteiger partial charge in [0.1, 0.15) is 0 Å². The third-order valence-electron chi connectivity index (χ3n) is 4.87. The van der Waals surface area contributed by atoms with E-state index in [1.807, 2.05) is 0 Å². The maximum Gasteiger partial charge on any atom is 0.0223 e. The van der Waals surface area contributed by atoms with E-state index < -0.39 is 0 Å². The standard InChI is InChI=1S/C16H33N3/c1-4-7-15(12-17-14-9-10-14)18(3)13-16-8-6-11-19(16)5-2/h14-17H,4-13H2,1-3H3. The summed E-state index contributed by atoms with van der Waals surface area (Å²) in [7, 11) is 2.33. The molecule has 3 heteroatoms. The van der Waals surface area contributed by atoms with Crippen LogP contribution in [0.25, 0.3) is 0 Å². The average Bonchev–Trinajstić information content (AvgIpc) is 3.13. The van der Waals surface area contributed by atoms with Crippen molar-refractivity contribution in [3.63, 3.8) is 0 Å². The number of nitrogens with zero attached hydrogens (tertiary/aromatic N) is 2. The monoisotopic (exact) mass is 267 g/mol. The average molecular weight is 267 g/mol. The molecule has 0 aromatic rings. The Labute approximate surface area is 119 Å². The first kappa shape index (κ1) is 15.3. The van der Waals surface area contributed by atoms with Crippen molar-refractivity contribution in [1.29, 1.82) is 0 Å². The van der Waals surface area contributed by atoms with E-state index in [1.54, 1.807) is 0 Å². The first-order valence-corrected chi connectivity index (χ1v) is 8.42. The van der Waals surface area contributed by atoms with Gasteiger partial charge >= 0.3 is 0 Å². The van der Waals surface area contributed by atoms with Crippen LogP contribution in [-0.4, -0.2) is 61.2 Å². The molecule has 0 radical (unpaired) electrons. The second kappa shape index (κ2) is 7.61. The molecule has 2 atom stereocenters. The fourth-order valence-corrected chi connectivity index (χ4v) is 3.40. The highest BCUT2D eigenvalue weighted by Gasteiger charge is 2.27. The van der Waals surface area contributed by atoms with Crippen LogP contribution >= 0.6 is 0 Å². The van der Waals surface area contributed by atoms with Gasteiger partial charge < -0.3 is 10.2 Å². The van der Waals surface area contributed by atoms with E-state index in [4.69, 9.17) is 0 Å². The lowest BCUT2D eigenvalue weighted by Crippen LogP contribution is -2.46. The van der Waals surface area contributed by atoms with Crippen molar-refractivity contribution >= 4 is 0 Å². The molecule has 19 heavy (non-hydrogen) atoms. The van der Waals surface area contributed by atoms with Crippen LogP contribution in [0, 0.1) is 0 Å². The Kier molecular flexibility index (Phi) is 6.11. The van der Waals surface area contributed by atoms with Crippen molar-refractivity contribution in [3.8, 4) is 0 Å². The molecule has 1 aliphatic carbocycles. The second-order valence-corrected chi connectivity index (χ2v) is 6.49. The van der Waals surface area contributed by atoms with Gasteiger partial charge in [-0.1, -0.05) is 20.3 Å². The molecule has 0 amide bonds. The summed E-state index contributed by atoms with van der Waals surface area (Å²) in [5, 5.41) is 3.72. The van der Waals surface area contributed by atoms with E-state index in [-0.39, 0.29) is 0 Å². The van der Waals surface area contributed by atoms with E-state index in [0.29, 0.717) is 0 Å². The minimum atomic E-state index is 0.727. The summed E-state index contributed by atoms with van der Waals surface area (Å²) in [6.45, 7) is 9.59. The van der Waals surface area contributed by atoms with Crippen LogP contribution in [0.1, 0.15) is 52.4 Å². The molecule has 2 rings (SSSR count). The van der Waals surface area contributed by atoms with Gasteiger partial charge in [-0.25, -0.2) is 0 Å². The van der Waals surface area contributed by atoms with Gasteiger partial charge in [-0.15, -0.1) is 0 Å². The molecule has 0 spiro atoms. The van der Waals surface area contributed by atoms with E-state index >= 15 is 0 Å². The predicted octanol–water partition coefficient (Wildman–Crippen LogP) is 2.32. The van der Waals surface area contributed by atoms with E-state index in [2.05, 4.69) is 36.0 Å². The Hall–Kier alpha value is -0.120. The zero-order valence-electron chi connectivity index (χ0n) is 13.2. The molecule has 1 N–H and O–H groups in total. The number of likely N-dealkylation sites (N-methyl/N-ethyl adjacent to an activating group) is 2. The molecule has 112 valence electrons. The zero-order valence-corrected chi connectivity index (χ0v) is 13.2. The van der Waals surface area contributed by atoms with Crippen LogP contribution in [0.2, 0.25) is 0 Å². The van der Waals surface area contributed by atoms with Crippen molar-refractivity contribution < 1.29 is 0 Å². The third kappa shape index (κ3) is 4.73. The summed E-state index contributed by atoms with van der Waals surface area (Å²) in [6.07, 6.45) is 8.21. The molecule has 1 aliphatic heterocycles. The quantitative estimate of drug-likeness (QED) is 0.692. The second-order valence-electron chi connectivity index (χ2n) is 6.49. The maximum atomic E-state index is 3.72. The summed E-state index contributed by atoms with van der Waals surface area (Å²) < 4.78 is 0. The number of nitrogens with one attached hydrogen (secondary N) is 1. The van der Waals surface area contributed by atoms with Crippen LogP contribution in [0.5, 0.6) is 0 Å². The third-order valence-corrected chi connectivity index (χ3v) is 4.87.